The van der Waals surface area contributed by atoms with Crippen LogP contribution in [0.4, 0.5) is 10.6 Å². The zero-order chi connectivity index (χ0) is 11.1. The van der Waals surface area contributed by atoms with Crippen molar-refractivity contribution in [1.82, 2.24) is 15.5 Å². The zero-order valence-corrected chi connectivity index (χ0v) is 8.84. The van der Waals surface area contributed by atoms with Gasteiger partial charge in [-0.05, 0) is 6.42 Å². The molecule has 1 aromatic rings. The van der Waals surface area contributed by atoms with Crippen molar-refractivity contribution in [1.29, 1.82) is 0 Å². The molecule has 84 valence electrons. The molecule has 0 radical (unpaired) electrons. The molecule has 1 aromatic heterocycles. The Morgan fingerprint density at radius 3 is 3.13 bits per heavy atom. The lowest BCUT2D eigenvalue weighted by Gasteiger charge is -2.06. The summed E-state index contributed by atoms with van der Waals surface area (Å²) in [5.41, 5.74) is 6.25. The highest BCUT2D eigenvalue weighted by Crippen LogP contribution is 2.08. The van der Waals surface area contributed by atoms with Gasteiger partial charge in [0.1, 0.15) is 5.82 Å². The van der Waals surface area contributed by atoms with Gasteiger partial charge in [0.15, 0.2) is 0 Å². The number of urea groups is 1. The van der Waals surface area contributed by atoms with Crippen LogP contribution in [-0.2, 0) is 6.54 Å². The summed E-state index contributed by atoms with van der Waals surface area (Å²) >= 11 is 0. The van der Waals surface area contributed by atoms with Crippen molar-refractivity contribution in [2.24, 2.45) is 5.73 Å². The minimum Gasteiger partial charge on any atom is -0.338 e. The summed E-state index contributed by atoms with van der Waals surface area (Å²) in [5, 5.41) is 11.9. The number of hydrogen-bond donors (Lipinski definition) is 4. The fourth-order valence-corrected chi connectivity index (χ4v) is 1.11. The summed E-state index contributed by atoms with van der Waals surface area (Å²) in [6.07, 6.45) is 3.63. The van der Waals surface area contributed by atoms with E-state index in [1.807, 2.05) is 0 Å². The Balaban J connectivity index is 2.37. The molecule has 0 aliphatic rings. The van der Waals surface area contributed by atoms with Gasteiger partial charge in [-0.1, -0.05) is 13.3 Å². The van der Waals surface area contributed by atoms with Gasteiger partial charge in [0.2, 0.25) is 0 Å². The van der Waals surface area contributed by atoms with Crippen molar-refractivity contribution in [3.63, 3.8) is 0 Å². The number of carbonyl (C=O) groups excluding carboxylic acids is 1. The summed E-state index contributed by atoms with van der Waals surface area (Å²) in [5.74, 6) is 0.562. The Kier molecular flexibility index (Phi) is 4.62. The second kappa shape index (κ2) is 6.02. The monoisotopic (exact) mass is 211 g/mol. The van der Waals surface area contributed by atoms with E-state index in [1.54, 1.807) is 6.20 Å². The lowest BCUT2D eigenvalue weighted by molar-refractivity contribution is 0.252. The molecule has 0 unspecified atom stereocenters. The van der Waals surface area contributed by atoms with E-state index in [9.17, 15) is 4.79 Å². The van der Waals surface area contributed by atoms with Crippen LogP contribution in [-0.4, -0.2) is 22.8 Å². The Labute approximate surface area is 88.6 Å². The van der Waals surface area contributed by atoms with E-state index in [-0.39, 0.29) is 6.03 Å². The third-order valence-electron chi connectivity index (χ3n) is 1.99. The summed E-state index contributed by atoms with van der Waals surface area (Å²) in [6, 6.07) is -0.234. The molecule has 6 nitrogen and oxygen atoms in total. The summed E-state index contributed by atoms with van der Waals surface area (Å²) in [4.78, 5) is 11.3. The molecule has 0 saturated heterocycles. The molecule has 15 heavy (non-hydrogen) atoms. The molecule has 0 spiro atoms. The Morgan fingerprint density at radius 1 is 1.67 bits per heavy atom. The number of carbonyl (C=O) groups is 1. The Hall–Kier alpha value is -1.56. The van der Waals surface area contributed by atoms with Crippen LogP contribution in [0.1, 0.15) is 25.3 Å². The number of aromatic amines is 1. The van der Waals surface area contributed by atoms with Crippen LogP contribution in [0.15, 0.2) is 6.20 Å². The van der Waals surface area contributed by atoms with Gasteiger partial charge in [-0.25, -0.2) is 4.79 Å². The highest BCUT2D eigenvalue weighted by atomic mass is 16.2. The molecule has 1 rings (SSSR count). The molecule has 5 N–H and O–H groups in total. The fourth-order valence-electron chi connectivity index (χ4n) is 1.11. The Bertz CT molecular complexity index is 309. The first-order chi connectivity index (χ1) is 7.27. The van der Waals surface area contributed by atoms with Gasteiger partial charge >= 0.3 is 6.03 Å². The van der Waals surface area contributed by atoms with E-state index in [2.05, 4.69) is 27.8 Å². The number of rotatable bonds is 5. The smallest absolute Gasteiger partial charge is 0.320 e. The minimum absolute atomic E-state index is 0.234. The molecule has 0 fully saturated rings. The van der Waals surface area contributed by atoms with Crippen LogP contribution in [0.3, 0.4) is 0 Å². The number of nitrogens with two attached hydrogens (primary N) is 1. The SMILES string of the molecule is CCCCNC(=O)Nc1[nH]ncc1CN. The highest BCUT2D eigenvalue weighted by molar-refractivity contribution is 5.88. The van der Waals surface area contributed by atoms with Crippen molar-refractivity contribution >= 4 is 11.8 Å². The van der Waals surface area contributed by atoms with Crippen LogP contribution in [0, 0.1) is 0 Å². The normalized spacial score (nSPS) is 10.0. The Morgan fingerprint density at radius 2 is 2.47 bits per heavy atom. The van der Waals surface area contributed by atoms with Gasteiger partial charge in [0.25, 0.3) is 0 Å². The molecular formula is C9H17N5O. The van der Waals surface area contributed by atoms with E-state index in [0.717, 1.165) is 18.4 Å². The van der Waals surface area contributed by atoms with E-state index in [1.165, 1.54) is 0 Å². The molecule has 0 aliphatic heterocycles. The van der Waals surface area contributed by atoms with Gasteiger partial charge in [0, 0.05) is 18.7 Å². The van der Waals surface area contributed by atoms with E-state index in [4.69, 9.17) is 5.73 Å². The molecule has 0 saturated carbocycles. The topological polar surface area (TPSA) is 95.8 Å². The number of aromatic nitrogens is 2. The molecule has 2 amide bonds. The highest BCUT2D eigenvalue weighted by Gasteiger charge is 2.06. The predicted molar refractivity (Wildman–Crippen MR) is 58.4 cm³/mol. The zero-order valence-electron chi connectivity index (χ0n) is 8.84. The number of unbranched alkanes of at least 4 members (excludes halogenated alkanes) is 1. The van der Waals surface area contributed by atoms with Gasteiger partial charge in [-0.15, -0.1) is 0 Å². The van der Waals surface area contributed by atoms with Gasteiger partial charge in [-0.2, -0.15) is 5.10 Å². The molecular weight excluding hydrogens is 194 g/mol. The first-order valence-electron chi connectivity index (χ1n) is 5.05. The maximum atomic E-state index is 11.3. The van der Waals surface area contributed by atoms with Crippen molar-refractivity contribution in [3.05, 3.63) is 11.8 Å². The summed E-state index contributed by atoms with van der Waals surface area (Å²) in [7, 11) is 0. The lowest BCUT2D eigenvalue weighted by Crippen LogP contribution is -2.30. The number of anilines is 1. The van der Waals surface area contributed by atoms with E-state index < -0.39 is 0 Å². The van der Waals surface area contributed by atoms with E-state index >= 15 is 0 Å². The minimum atomic E-state index is -0.234. The second-order valence-corrected chi connectivity index (χ2v) is 3.21. The molecule has 0 aromatic carbocycles. The number of nitrogens with one attached hydrogen (secondary N) is 3. The maximum Gasteiger partial charge on any atom is 0.320 e. The number of H-pyrrole nitrogens is 1. The molecule has 0 bridgehead atoms. The number of hydrogen-bond acceptors (Lipinski definition) is 3. The molecule has 1 heterocycles. The van der Waals surface area contributed by atoms with Gasteiger partial charge in [-0.3, -0.25) is 10.4 Å². The van der Waals surface area contributed by atoms with E-state index in [0.29, 0.717) is 18.9 Å². The summed E-state index contributed by atoms with van der Waals surface area (Å²) < 4.78 is 0. The van der Waals surface area contributed by atoms with Crippen molar-refractivity contribution in [2.75, 3.05) is 11.9 Å². The van der Waals surface area contributed by atoms with Gasteiger partial charge in [0.05, 0.1) is 6.20 Å². The van der Waals surface area contributed by atoms with Crippen molar-refractivity contribution in [3.8, 4) is 0 Å². The molecule has 0 aliphatic carbocycles. The standard InChI is InChI=1S/C9H17N5O/c1-2-3-4-11-9(15)13-8-7(5-10)6-12-14-8/h6H,2-5,10H2,1H3,(H3,11,12,13,14,15). The van der Waals surface area contributed by atoms with Crippen LogP contribution < -0.4 is 16.4 Å². The summed E-state index contributed by atoms with van der Waals surface area (Å²) in [6.45, 7) is 3.09. The van der Waals surface area contributed by atoms with Crippen molar-refractivity contribution < 1.29 is 4.79 Å². The first-order valence-corrected chi connectivity index (χ1v) is 5.05. The average Bonchev–Trinajstić information content (AvgIpc) is 2.65. The molecule has 6 heteroatoms. The lowest BCUT2D eigenvalue weighted by atomic mass is 10.3. The number of amides is 2. The van der Waals surface area contributed by atoms with Gasteiger partial charge < -0.3 is 11.1 Å². The van der Waals surface area contributed by atoms with Crippen LogP contribution in [0.5, 0.6) is 0 Å². The first kappa shape index (κ1) is 11.5. The number of nitrogens with zero attached hydrogens (tertiary/aromatic N) is 1. The fraction of sp³-hybridized carbons (Fsp3) is 0.556. The largest absolute Gasteiger partial charge is 0.338 e. The van der Waals surface area contributed by atoms with Crippen molar-refractivity contribution in [2.45, 2.75) is 26.3 Å². The maximum absolute atomic E-state index is 11.3. The van der Waals surface area contributed by atoms with Crippen LogP contribution in [0.2, 0.25) is 0 Å². The second-order valence-electron chi connectivity index (χ2n) is 3.21. The third kappa shape index (κ3) is 3.59. The average molecular weight is 211 g/mol. The van der Waals surface area contributed by atoms with Crippen LogP contribution >= 0.6 is 0 Å². The quantitative estimate of drug-likeness (QED) is 0.542. The molecule has 0 atom stereocenters. The third-order valence-corrected chi connectivity index (χ3v) is 1.99. The van der Waals surface area contributed by atoms with Crippen LogP contribution in [0.25, 0.3) is 0 Å². The predicted octanol–water partition coefficient (Wildman–Crippen LogP) is 0.790.